The third-order valence-electron chi connectivity index (χ3n) is 6.31. The van der Waals surface area contributed by atoms with Crippen LogP contribution in [-0.4, -0.2) is 44.9 Å². The normalized spacial score (nSPS) is 14.7. The lowest BCUT2D eigenvalue weighted by Gasteiger charge is -2.25. The van der Waals surface area contributed by atoms with E-state index in [1.807, 2.05) is 54.6 Å². The van der Waals surface area contributed by atoms with Gasteiger partial charge < -0.3 is 15.2 Å². The number of hydrogen-bond donors (Lipinski definition) is 2. The number of nitrogens with zero attached hydrogens (tertiary/aromatic N) is 2. The molecule has 1 aliphatic heterocycles. The van der Waals surface area contributed by atoms with Crippen LogP contribution in [0.3, 0.4) is 0 Å². The first-order chi connectivity index (χ1) is 18.5. The molecule has 2 N–H and O–H groups in total. The molecule has 0 saturated heterocycles. The standard InChI is InChI=1S/C29H35N3O5SSi/c1-39(2,3)19-18-31-28(33)21-32(38(31,35)36)26-15-14-23(16-17-30-29(34)25-12-8-5-9-13-25)20-27(26)37-22-24-10-6-4-7-11-24/h4-15,20-21,33H,16-19,22H2,1-3H3,(H,30,34). The fourth-order valence-electron chi connectivity index (χ4n) is 4.08. The van der Waals surface area contributed by atoms with Crippen LogP contribution in [0.5, 0.6) is 5.75 Å². The maximum atomic E-state index is 13.5. The molecular weight excluding hydrogens is 530 g/mol. The van der Waals surface area contributed by atoms with E-state index in [1.165, 1.54) is 6.20 Å². The van der Waals surface area contributed by atoms with Gasteiger partial charge in [0.25, 0.3) is 5.91 Å². The SMILES string of the molecule is C[Si](C)(C)CCN1C(O)=CN(c2ccc(CCNC(=O)c3ccccc3)cc2OCc2ccccc2)S1(=O)=O. The fourth-order valence-corrected chi connectivity index (χ4v) is 6.58. The average Bonchev–Trinajstić information content (AvgIpc) is 3.14. The molecule has 0 aliphatic carbocycles. The molecule has 0 fully saturated rings. The van der Waals surface area contributed by atoms with E-state index in [1.54, 1.807) is 24.3 Å². The summed E-state index contributed by atoms with van der Waals surface area (Å²) in [5, 5.41) is 13.5. The highest BCUT2D eigenvalue weighted by Crippen LogP contribution is 2.37. The molecule has 0 aromatic heterocycles. The van der Waals surface area contributed by atoms with Crippen LogP contribution in [0, 0.1) is 0 Å². The van der Waals surface area contributed by atoms with Crippen molar-refractivity contribution in [2.24, 2.45) is 0 Å². The summed E-state index contributed by atoms with van der Waals surface area (Å²) in [7, 11) is -5.57. The van der Waals surface area contributed by atoms with E-state index in [4.69, 9.17) is 4.74 Å². The van der Waals surface area contributed by atoms with Crippen molar-refractivity contribution in [3.63, 3.8) is 0 Å². The van der Waals surface area contributed by atoms with Gasteiger partial charge >= 0.3 is 10.2 Å². The van der Waals surface area contributed by atoms with Crippen LogP contribution in [0.15, 0.2) is 90.9 Å². The van der Waals surface area contributed by atoms with Crippen LogP contribution < -0.4 is 14.4 Å². The molecule has 1 heterocycles. The molecule has 0 atom stereocenters. The number of amides is 1. The lowest BCUT2D eigenvalue weighted by molar-refractivity contribution is 0.0954. The molecule has 4 rings (SSSR count). The van der Waals surface area contributed by atoms with Crippen molar-refractivity contribution in [2.75, 3.05) is 17.4 Å². The molecule has 0 spiro atoms. The van der Waals surface area contributed by atoms with Crippen LogP contribution in [0.2, 0.25) is 25.7 Å². The third kappa shape index (κ3) is 7.21. The minimum absolute atomic E-state index is 0.157. The second-order valence-corrected chi connectivity index (χ2v) is 18.0. The molecule has 3 aromatic rings. The largest absolute Gasteiger partial charge is 0.493 e. The van der Waals surface area contributed by atoms with Crippen molar-refractivity contribution in [1.29, 1.82) is 0 Å². The highest BCUT2D eigenvalue weighted by Gasteiger charge is 2.39. The summed E-state index contributed by atoms with van der Waals surface area (Å²) in [5.74, 6) is -0.102. The topological polar surface area (TPSA) is 99.2 Å². The number of aliphatic hydroxyl groups excluding tert-OH is 1. The van der Waals surface area contributed by atoms with Crippen LogP contribution in [0.25, 0.3) is 0 Å². The van der Waals surface area contributed by atoms with Gasteiger partial charge in [0.15, 0.2) is 0 Å². The van der Waals surface area contributed by atoms with Crippen LogP contribution in [0.4, 0.5) is 5.69 Å². The maximum Gasteiger partial charge on any atom is 0.332 e. The summed E-state index contributed by atoms with van der Waals surface area (Å²) in [6.45, 7) is 7.33. The highest BCUT2D eigenvalue weighted by molar-refractivity contribution is 7.91. The third-order valence-corrected chi connectivity index (χ3v) is 9.76. The number of aliphatic hydroxyl groups is 1. The van der Waals surface area contributed by atoms with Crippen molar-refractivity contribution >= 4 is 29.9 Å². The van der Waals surface area contributed by atoms with E-state index in [0.717, 1.165) is 19.7 Å². The zero-order valence-electron chi connectivity index (χ0n) is 22.5. The number of benzene rings is 3. The molecule has 0 saturated carbocycles. The molecule has 0 radical (unpaired) electrons. The van der Waals surface area contributed by atoms with E-state index >= 15 is 0 Å². The maximum absolute atomic E-state index is 13.5. The minimum atomic E-state index is -4.02. The van der Waals surface area contributed by atoms with Gasteiger partial charge in [-0.2, -0.15) is 8.42 Å². The van der Waals surface area contributed by atoms with E-state index in [2.05, 4.69) is 25.0 Å². The van der Waals surface area contributed by atoms with Gasteiger partial charge in [-0.3, -0.25) is 4.79 Å². The van der Waals surface area contributed by atoms with Crippen molar-refractivity contribution in [3.8, 4) is 5.75 Å². The summed E-state index contributed by atoms with van der Waals surface area (Å²) >= 11 is 0. The predicted octanol–water partition coefficient (Wildman–Crippen LogP) is 5.30. The highest BCUT2D eigenvalue weighted by atomic mass is 32.2. The van der Waals surface area contributed by atoms with Crippen LogP contribution in [-0.2, 0) is 23.2 Å². The van der Waals surface area contributed by atoms with E-state index in [9.17, 15) is 18.3 Å². The number of hydrogen-bond acceptors (Lipinski definition) is 5. The Morgan fingerprint density at radius 1 is 0.949 bits per heavy atom. The zero-order chi connectivity index (χ0) is 28.0. The molecule has 0 unspecified atom stereocenters. The predicted molar refractivity (Wildman–Crippen MR) is 157 cm³/mol. The first-order valence-electron chi connectivity index (χ1n) is 12.9. The summed E-state index contributed by atoms with van der Waals surface area (Å²) in [6, 6.07) is 24.6. The molecule has 1 aliphatic rings. The first-order valence-corrected chi connectivity index (χ1v) is 18.0. The van der Waals surface area contributed by atoms with Crippen molar-refractivity contribution < 1.29 is 23.1 Å². The number of carbonyl (C=O) groups excluding carboxylic acids is 1. The Hall–Kier alpha value is -3.76. The average molecular weight is 566 g/mol. The van der Waals surface area contributed by atoms with E-state index in [0.29, 0.717) is 36.0 Å². The van der Waals surface area contributed by atoms with E-state index < -0.39 is 18.3 Å². The monoisotopic (exact) mass is 565 g/mol. The molecule has 39 heavy (non-hydrogen) atoms. The number of carbonyl (C=O) groups is 1. The summed E-state index contributed by atoms with van der Waals surface area (Å²) < 4.78 is 35.2. The minimum Gasteiger partial charge on any atom is -0.493 e. The lowest BCUT2D eigenvalue weighted by Crippen LogP contribution is -2.37. The van der Waals surface area contributed by atoms with Crippen LogP contribution in [0.1, 0.15) is 21.5 Å². The number of ether oxygens (including phenoxy) is 1. The Bertz CT molecular complexity index is 1420. The molecule has 0 bridgehead atoms. The van der Waals surface area contributed by atoms with Gasteiger partial charge in [0, 0.05) is 26.7 Å². The van der Waals surface area contributed by atoms with Gasteiger partial charge in [-0.1, -0.05) is 74.2 Å². The molecular formula is C29H35N3O5SSi. The smallest absolute Gasteiger partial charge is 0.332 e. The van der Waals surface area contributed by atoms with Gasteiger partial charge in [0.2, 0.25) is 5.88 Å². The van der Waals surface area contributed by atoms with Crippen molar-refractivity contribution in [2.45, 2.75) is 38.7 Å². The number of anilines is 1. The number of nitrogens with one attached hydrogen (secondary N) is 1. The Kier molecular flexibility index (Phi) is 8.66. The Morgan fingerprint density at radius 3 is 2.28 bits per heavy atom. The molecule has 206 valence electrons. The van der Waals surface area contributed by atoms with Crippen molar-refractivity contribution in [1.82, 2.24) is 9.62 Å². The molecule has 3 aromatic carbocycles. The van der Waals surface area contributed by atoms with Gasteiger partial charge in [-0.25, -0.2) is 8.61 Å². The van der Waals surface area contributed by atoms with Crippen molar-refractivity contribution in [3.05, 3.63) is 108 Å². The van der Waals surface area contributed by atoms with Gasteiger partial charge in [-0.05, 0) is 47.9 Å². The summed E-state index contributed by atoms with van der Waals surface area (Å²) in [6.07, 6.45) is 1.75. The Labute approximate surface area is 231 Å². The molecule has 8 nitrogen and oxygen atoms in total. The molecule has 10 heteroatoms. The summed E-state index contributed by atoms with van der Waals surface area (Å²) in [4.78, 5) is 12.4. The fraction of sp³-hybridized carbons (Fsp3) is 0.276. The zero-order valence-corrected chi connectivity index (χ0v) is 24.3. The second-order valence-electron chi connectivity index (χ2n) is 10.6. The van der Waals surface area contributed by atoms with Crippen LogP contribution >= 0.6 is 0 Å². The van der Waals surface area contributed by atoms with E-state index in [-0.39, 0.29) is 24.9 Å². The molecule has 1 amide bonds. The quantitative estimate of drug-likeness (QED) is 0.308. The second kappa shape index (κ2) is 12.0. The first kappa shape index (κ1) is 28.3. The number of rotatable bonds is 11. The summed E-state index contributed by atoms with van der Waals surface area (Å²) in [5.41, 5.74) is 2.70. The van der Waals surface area contributed by atoms with Gasteiger partial charge in [0.1, 0.15) is 18.0 Å². The van der Waals surface area contributed by atoms with Gasteiger partial charge in [-0.15, -0.1) is 0 Å². The lowest BCUT2D eigenvalue weighted by atomic mass is 10.1. The Balaban J connectivity index is 1.55. The van der Waals surface area contributed by atoms with Gasteiger partial charge in [0.05, 0.1) is 6.20 Å². The Morgan fingerprint density at radius 2 is 1.62 bits per heavy atom.